The Hall–Kier alpha value is -2.18. The topological polar surface area (TPSA) is 94.6 Å². The number of carbonyl (C=O) groups is 1. The number of nitrogens with zero attached hydrogens (tertiary/aromatic N) is 2. The molecule has 2 N–H and O–H groups in total. The first-order chi connectivity index (χ1) is 12.4. The van der Waals surface area contributed by atoms with E-state index in [1.54, 1.807) is 7.11 Å². The predicted octanol–water partition coefficient (Wildman–Crippen LogP) is 2.65. The van der Waals surface area contributed by atoms with E-state index in [0.29, 0.717) is 28.3 Å². The maximum atomic E-state index is 13.0. The third-order valence-electron chi connectivity index (χ3n) is 3.00. The van der Waals surface area contributed by atoms with Crippen LogP contribution in [0.5, 0.6) is 11.5 Å². The first-order valence-corrected chi connectivity index (χ1v) is 9.14. The van der Waals surface area contributed by atoms with Crippen molar-refractivity contribution in [3.63, 3.8) is 0 Å². The van der Waals surface area contributed by atoms with Gasteiger partial charge in [-0.2, -0.15) is 0 Å². The van der Waals surface area contributed by atoms with Gasteiger partial charge in [-0.3, -0.25) is 4.79 Å². The number of rotatable bonds is 8. The Kier molecular flexibility index (Phi) is 5.74. The molecule has 0 atom stereocenters. The molecule has 12 heteroatoms. The quantitative estimate of drug-likeness (QED) is 0.512. The number of benzene rings is 1. The summed E-state index contributed by atoms with van der Waals surface area (Å²) in [5.41, 5.74) is 0.329. The third kappa shape index (κ3) is 4.93. The van der Waals surface area contributed by atoms with E-state index in [1.165, 1.54) is 41.3 Å². The zero-order valence-corrected chi connectivity index (χ0v) is 15.1. The van der Waals surface area contributed by atoms with E-state index in [2.05, 4.69) is 30.3 Å². The Bertz CT molecular complexity index is 790. The number of hydrogen-bond acceptors (Lipinski definition) is 9. The first-order valence-electron chi connectivity index (χ1n) is 7.34. The SMILES string of the molecule is COCCNc1nnc(SCC(=O)Nc2ccc3c(c2)OC(F)(F)O3)s1. The molecule has 1 amide bonds. The molecule has 0 saturated carbocycles. The molecule has 1 aliphatic heterocycles. The highest BCUT2D eigenvalue weighted by Crippen LogP contribution is 2.42. The molecule has 26 heavy (non-hydrogen) atoms. The molecule has 1 aromatic heterocycles. The number of nitrogens with one attached hydrogen (secondary N) is 2. The van der Waals surface area contributed by atoms with Crippen molar-refractivity contribution in [2.75, 3.05) is 36.6 Å². The van der Waals surface area contributed by atoms with Crippen LogP contribution in [0.3, 0.4) is 0 Å². The van der Waals surface area contributed by atoms with E-state index < -0.39 is 6.29 Å². The van der Waals surface area contributed by atoms with E-state index in [1.807, 2.05) is 0 Å². The van der Waals surface area contributed by atoms with Crippen LogP contribution in [0, 0.1) is 0 Å². The Morgan fingerprint density at radius 2 is 2.15 bits per heavy atom. The number of thioether (sulfide) groups is 1. The van der Waals surface area contributed by atoms with Gasteiger partial charge in [-0.15, -0.1) is 19.0 Å². The number of anilines is 2. The maximum Gasteiger partial charge on any atom is 0.586 e. The first kappa shape index (κ1) is 18.6. The Balaban J connectivity index is 1.48. The summed E-state index contributed by atoms with van der Waals surface area (Å²) in [5, 5.41) is 14.2. The van der Waals surface area contributed by atoms with Crippen LogP contribution < -0.4 is 20.1 Å². The molecule has 2 heterocycles. The summed E-state index contributed by atoms with van der Waals surface area (Å²) in [6.45, 7) is 1.16. The molecule has 1 aromatic carbocycles. The monoisotopic (exact) mass is 404 g/mol. The summed E-state index contributed by atoms with van der Waals surface area (Å²) in [6.07, 6.45) is -3.69. The van der Waals surface area contributed by atoms with Crippen LogP contribution in [0.25, 0.3) is 0 Å². The van der Waals surface area contributed by atoms with Gasteiger partial charge in [0.25, 0.3) is 0 Å². The minimum absolute atomic E-state index is 0.0789. The number of ether oxygens (including phenoxy) is 3. The second-order valence-corrected chi connectivity index (χ2v) is 7.16. The normalized spacial score (nSPS) is 14.3. The van der Waals surface area contributed by atoms with E-state index >= 15 is 0 Å². The minimum atomic E-state index is -3.69. The van der Waals surface area contributed by atoms with Crippen molar-refractivity contribution in [1.82, 2.24) is 10.2 Å². The number of methoxy groups -OCH3 is 1. The number of alkyl halides is 2. The van der Waals surface area contributed by atoms with Crippen LogP contribution in [-0.4, -0.2) is 48.4 Å². The number of halogens is 2. The van der Waals surface area contributed by atoms with Crippen LogP contribution in [0.15, 0.2) is 22.5 Å². The largest absolute Gasteiger partial charge is 0.586 e. The van der Waals surface area contributed by atoms with Crippen molar-refractivity contribution >= 4 is 39.8 Å². The number of carbonyl (C=O) groups excluding carboxylic acids is 1. The van der Waals surface area contributed by atoms with Crippen molar-refractivity contribution in [3.05, 3.63) is 18.2 Å². The lowest BCUT2D eigenvalue weighted by molar-refractivity contribution is -0.286. The van der Waals surface area contributed by atoms with Gasteiger partial charge in [0.1, 0.15) is 0 Å². The van der Waals surface area contributed by atoms with Crippen LogP contribution in [0.1, 0.15) is 0 Å². The van der Waals surface area contributed by atoms with Crippen molar-refractivity contribution in [1.29, 1.82) is 0 Å². The number of fused-ring (bicyclic) bond motifs is 1. The summed E-state index contributed by atoms with van der Waals surface area (Å²) < 4.78 is 40.2. The van der Waals surface area contributed by atoms with Gasteiger partial charge < -0.3 is 24.8 Å². The highest BCUT2D eigenvalue weighted by molar-refractivity contribution is 8.01. The van der Waals surface area contributed by atoms with Crippen LogP contribution in [0.4, 0.5) is 19.6 Å². The standard InChI is InChI=1S/C14H14F2N4O4S2/c1-22-5-4-17-12-19-20-13(26-12)25-7-11(21)18-8-2-3-9-10(6-8)24-14(15,16)23-9/h2-3,6H,4-5,7H2,1H3,(H,17,19)(H,18,21). The highest BCUT2D eigenvalue weighted by atomic mass is 32.2. The van der Waals surface area contributed by atoms with Gasteiger partial charge in [0.2, 0.25) is 11.0 Å². The number of aromatic nitrogens is 2. The molecule has 0 radical (unpaired) electrons. The van der Waals surface area contributed by atoms with Crippen molar-refractivity contribution in [2.24, 2.45) is 0 Å². The summed E-state index contributed by atoms with van der Waals surface area (Å²) in [5.74, 6) is -0.428. The van der Waals surface area contributed by atoms with Gasteiger partial charge in [-0.25, -0.2) is 0 Å². The summed E-state index contributed by atoms with van der Waals surface area (Å²) in [4.78, 5) is 12.0. The molecule has 8 nitrogen and oxygen atoms in total. The van der Waals surface area contributed by atoms with Gasteiger partial charge in [-0.05, 0) is 12.1 Å². The van der Waals surface area contributed by atoms with E-state index in [4.69, 9.17) is 4.74 Å². The highest BCUT2D eigenvalue weighted by Gasteiger charge is 2.43. The molecule has 140 valence electrons. The second-order valence-electron chi connectivity index (χ2n) is 4.96. The fourth-order valence-electron chi connectivity index (χ4n) is 1.95. The molecule has 0 aliphatic carbocycles. The molecule has 0 spiro atoms. The molecular weight excluding hydrogens is 390 g/mol. The minimum Gasteiger partial charge on any atom is -0.395 e. The van der Waals surface area contributed by atoms with Gasteiger partial charge in [-0.1, -0.05) is 23.1 Å². The lowest BCUT2D eigenvalue weighted by Crippen LogP contribution is -2.25. The fraction of sp³-hybridized carbons (Fsp3) is 0.357. The van der Waals surface area contributed by atoms with Gasteiger partial charge >= 0.3 is 6.29 Å². The molecule has 0 fully saturated rings. The van der Waals surface area contributed by atoms with Crippen molar-refractivity contribution in [2.45, 2.75) is 10.6 Å². The van der Waals surface area contributed by atoms with Gasteiger partial charge in [0.15, 0.2) is 15.8 Å². The smallest absolute Gasteiger partial charge is 0.395 e. The Morgan fingerprint density at radius 1 is 1.35 bits per heavy atom. The zero-order chi connectivity index (χ0) is 18.6. The van der Waals surface area contributed by atoms with E-state index in [0.717, 1.165) is 0 Å². The van der Waals surface area contributed by atoms with E-state index in [-0.39, 0.29) is 23.2 Å². The van der Waals surface area contributed by atoms with Crippen LogP contribution in [0.2, 0.25) is 0 Å². The Morgan fingerprint density at radius 3 is 2.96 bits per heavy atom. The summed E-state index contributed by atoms with van der Waals surface area (Å²) >= 11 is 2.54. The maximum absolute atomic E-state index is 13.0. The average Bonchev–Trinajstić information content (AvgIpc) is 3.15. The second kappa shape index (κ2) is 8.01. The van der Waals surface area contributed by atoms with Crippen LogP contribution >= 0.6 is 23.1 Å². The van der Waals surface area contributed by atoms with Gasteiger partial charge in [0.05, 0.1) is 12.4 Å². The summed E-state index contributed by atoms with van der Waals surface area (Å²) in [6, 6.07) is 4.04. The number of amides is 1. The molecule has 1 aliphatic rings. The summed E-state index contributed by atoms with van der Waals surface area (Å²) in [7, 11) is 1.60. The Labute approximate surface area is 155 Å². The molecule has 0 bridgehead atoms. The number of hydrogen-bond donors (Lipinski definition) is 2. The van der Waals surface area contributed by atoms with Crippen molar-refractivity contribution < 1.29 is 27.8 Å². The van der Waals surface area contributed by atoms with E-state index in [9.17, 15) is 13.6 Å². The predicted molar refractivity (Wildman–Crippen MR) is 92.3 cm³/mol. The molecule has 0 unspecified atom stereocenters. The lowest BCUT2D eigenvalue weighted by Gasteiger charge is -2.05. The zero-order valence-electron chi connectivity index (χ0n) is 13.5. The molecule has 2 aromatic rings. The van der Waals surface area contributed by atoms with Gasteiger partial charge in [0, 0.05) is 25.4 Å². The molecular formula is C14H14F2N4O4S2. The average molecular weight is 404 g/mol. The molecule has 0 saturated heterocycles. The van der Waals surface area contributed by atoms with Crippen molar-refractivity contribution in [3.8, 4) is 11.5 Å². The fourth-order valence-corrected chi connectivity index (χ4v) is 3.53. The molecule has 3 rings (SSSR count). The van der Waals surface area contributed by atoms with Crippen LogP contribution in [-0.2, 0) is 9.53 Å². The lowest BCUT2D eigenvalue weighted by atomic mass is 10.3. The third-order valence-corrected chi connectivity index (χ3v) is 5.01.